The summed E-state index contributed by atoms with van der Waals surface area (Å²) >= 11 is 0. The molecule has 0 radical (unpaired) electrons. The molecule has 4 heteroatoms. The third-order valence-corrected chi connectivity index (χ3v) is 1.55. The minimum Gasteiger partial charge on any atom is -0.505 e. The molecular weight excluding hydrogens is 163 g/mol. The van der Waals surface area contributed by atoms with E-state index < -0.39 is 24.3 Å². The van der Waals surface area contributed by atoms with E-state index in [0.29, 0.717) is 0 Å². The summed E-state index contributed by atoms with van der Waals surface area (Å²) in [7, 11) is 0. The third-order valence-electron chi connectivity index (χ3n) is 1.55. The molecule has 0 heterocycles. The van der Waals surface area contributed by atoms with Crippen LogP contribution >= 0.6 is 0 Å². The van der Waals surface area contributed by atoms with Gasteiger partial charge in [-0.3, -0.25) is 0 Å². The molecule has 1 aromatic rings. The zero-order valence-electron chi connectivity index (χ0n) is 6.24. The van der Waals surface area contributed by atoms with E-state index in [9.17, 15) is 4.39 Å². The number of phenolic OH excluding ortho intramolecular Hbond substituents is 1. The van der Waals surface area contributed by atoms with E-state index in [2.05, 4.69) is 0 Å². The van der Waals surface area contributed by atoms with Crippen LogP contribution in [0.1, 0.15) is 11.7 Å². The van der Waals surface area contributed by atoms with Gasteiger partial charge in [-0.2, -0.15) is 0 Å². The highest BCUT2D eigenvalue weighted by atomic mass is 19.1. The molecule has 0 saturated heterocycles. The molecule has 1 rings (SSSR count). The van der Waals surface area contributed by atoms with Gasteiger partial charge in [-0.1, -0.05) is 12.1 Å². The summed E-state index contributed by atoms with van der Waals surface area (Å²) in [4.78, 5) is 0. The van der Waals surface area contributed by atoms with Gasteiger partial charge in [-0.15, -0.1) is 0 Å². The van der Waals surface area contributed by atoms with Crippen LogP contribution in [0.3, 0.4) is 0 Å². The first-order chi connectivity index (χ1) is 5.66. The van der Waals surface area contributed by atoms with Gasteiger partial charge in [0.05, 0.1) is 6.61 Å². The number of para-hydroxylation sites is 1. The summed E-state index contributed by atoms with van der Waals surface area (Å²) < 4.78 is 12.6. The van der Waals surface area contributed by atoms with Gasteiger partial charge in [-0.25, -0.2) is 4.39 Å². The fourth-order valence-electron chi connectivity index (χ4n) is 0.899. The Hall–Kier alpha value is -1.13. The van der Waals surface area contributed by atoms with Crippen molar-refractivity contribution in [2.45, 2.75) is 6.10 Å². The molecular formula is C8H9FO3. The summed E-state index contributed by atoms with van der Waals surface area (Å²) in [6, 6.07) is 3.77. The van der Waals surface area contributed by atoms with E-state index in [1.54, 1.807) is 0 Å². The molecule has 0 spiro atoms. The number of aliphatic hydroxyl groups excluding tert-OH is 2. The number of aromatic hydroxyl groups is 1. The second kappa shape index (κ2) is 3.51. The van der Waals surface area contributed by atoms with Gasteiger partial charge in [0.1, 0.15) is 6.10 Å². The second-order valence-corrected chi connectivity index (χ2v) is 2.38. The van der Waals surface area contributed by atoms with Crippen LogP contribution in [-0.4, -0.2) is 21.9 Å². The first kappa shape index (κ1) is 8.96. The lowest BCUT2D eigenvalue weighted by Gasteiger charge is -2.09. The number of rotatable bonds is 2. The van der Waals surface area contributed by atoms with Crippen LogP contribution < -0.4 is 0 Å². The van der Waals surface area contributed by atoms with Crippen molar-refractivity contribution in [2.75, 3.05) is 6.61 Å². The highest BCUT2D eigenvalue weighted by molar-refractivity contribution is 5.35. The third kappa shape index (κ3) is 1.54. The van der Waals surface area contributed by atoms with Gasteiger partial charge in [0.2, 0.25) is 0 Å². The molecule has 0 amide bonds. The Morgan fingerprint density at radius 3 is 2.67 bits per heavy atom. The van der Waals surface area contributed by atoms with Crippen molar-refractivity contribution in [2.24, 2.45) is 0 Å². The van der Waals surface area contributed by atoms with Gasteiger partial charge >= 0.3 is 0 Å². The summed E-state index contributed by atoms with van der Waals surface area (Å²) in [5.74, 6) is -1.42. The Morgan fingerprint density at radius 1 is 1.42 bits per heavy atom. The molecule has 1 unspecified atom stereocenters. The van der Waals surface area contributed by atoms with Crippen LogP contribution in [0.2, 0.25) is 0 Å². The lowest BCUT2D eigenvalue weighted by atomic mass is 10.1. The smallest absolute Gasteiger partial charge is 0.165 e. The van der Waals surface area contributed by atoms with Crippen molar-refractivity contribution in [1.82, 2.24) is 0 Å². The van der Waals surface area contributed by atoms with Crippen LogP contribution in [0.5, 0.6) is 5.75 Å². The van der Waals surface area contributed by atoms with Crippen LogP contribution in [0.4, 0.5) is 4.39 Å². The Kier molecular flexibility index (Phi) is 2.62. The Bertz CT molecular complexity index is 275. The lowest BCUT2D eigenvalue weighted by molar-refractivity contribution is 0.0930. The molecule has 0 fully saturated rings. The number of aliphatic hydroxyl groups is 2. The van der Waals surface area contributed by atoms with E-state index >= 15 is 0 Å². The maximum Gasteiger partial charge on any atom is 0.165 e. The van der Waals surface area contributed by atoms with Crippen molar-refractivity contribution >= 4 is 0 Å². The molecule has 12 heavy (non-hydrogen) atoms. The molecule has 0 aromatic heterocycles. The van der Waals surface area contributed by atoms with Crippen molar-refractivity contribution in [3.8, 4) is 5.75 Å². The van der Waals surface area contributed by atoms with Crippen LogP contribution in [-0.2, 0) is 0 Å². The minimum atomic E-state index is -1.24. The number of phenols is 1. The summed E-state index contributed by atoms with van der Waals surface area (Å²) in [5, 5.41) is 26.6. The monoisotopic (exact) mass is 172 g/mol. The van der Waals surface area contributed by atoms with E-state index in [-0.39, 0.29) is 5.56 Å². The first-order valence-corrected chi connectivity index (χ1v) is 3.43. The largest absolute Gasteiger partial charge is 0.505 e. The average Bonchev–Trinajstić information content (AvgIpc) is 2.08. The summed E-state index contributed by atoms with van der Waals surface area (Å²) in [6.07, 6.45) is -1.24. The zero-order valence-corrected chi connectivity index (χ0v) is 6.24. The Morgan fingerprint density at radius 2 is 2.08 bits per heavy atom. The first-order valence-electron chi connectivity index (χ1n) is 3.43. The number of hydrogen-bond acceptors (Lipinski definition) is 3. The Labute approximate surface area is 68.7 Å². The average molecular weight is 172 g/mol. The van der Waals surface area contributed by atoms with Crippen LogP contribution in [0, 0.1) is 5.82 Å². The highest BCUT2D eigenvalue weighted by Gasteiger charge is 2.13. The zero-order chi connectivity index (χ0) is 9.14. The predicted molar refractivity (Wildman–Crippen MR) is 40.1 cm³/mol. The van der Waals surface area contributed by atoms with Crippen LogP contribution in [0.15, 0.2) is 18.2 Å². The maximum absolute atomic E-state index is 12.6. The van der Waals surface area contributed by atoms with Gasteiger partial charge in [0.15, 0.2) is 11.6 Å². The van der Waals surface area contributed by atoms with Gasteiger partial charge < -0.3 is 15.3 Å². The molecule has 0 bridgehead atoms. The molecule has 66 valence electrons. The summed E-state index contributed by atoms with van der Waals surface area (Å²) in [5.41, 5.74) is -0.00231. The lowest BCUT2D eigenvalue weighted by Crippen LogP contribution is -2.03. The fraction of sp³-hybridized carbons (Fsp3) is 0.250. The highest BCUT2D eigenvalue weighted by Crippen LogP contribution is 2.26. The molecule has 0 aliphatic heterocycles. The molecule has 1 atom stereocenters. The summed E-state index contributed by atoms with van der Waals surface area (Å²) in [6.45, 7) is -0.545. The van der Waals surface area contributed by atoms with E-state index in [0.717, 1.165) is 6.07 Å². The Balaban J connectivity index is 3.07. The van der Waals surface area contributed by atoms with Gasteiger partial charge in [-0.05, 0) is 6.07 Å². The molecule has 0 saturated carbocycles. The van der Waals surface area contributed by atoms with Crippen molar-refractivity contribution in [1.29, 1.82) is 0 Å². The number of hydrogen-bond donors (Lipinski definition) is 3. The van der Waals surface area contributed by atoms with E-state index in [1.807, 2.05) is 0 Å². The van der Waals surface area contributed by atoms with Crippen molar-refractivity contribution in [3.63, 3.8) is 0 Å². The molecule has 3 N–H and O–H groups in total. The van der Waals surface area contributed by atoms with Crippen LogP contribution in [0.25, 0.3) is 0 Å². The fourth-order valence-corrected chi connectivity index (χ4v) is 0.899. The second-order valence-electron chi connectivity index (χ2n) is 2.38. The molecule has 0 aliphatic rings. The van der Waals surface area contributed by atoms with E-state index in [4.69, 9.17) is 15.3 Å². The maximum atomic E-state index is 12.6. The molecule has 0 aliphatic carbocycles. The predicted octanol–water partition coefficient (Wildman–Crippen LogP) is 0.557. The van der Waals surface area contributed by atoms with Crippen molar-refractivity contribution < 1.29 is 19.7 Å². The normalized spacial score (nSPS) is 12.9. The number of benzene rings is 1. The van der Waals surface area contributed by atoms with Gasteiger partial charge in [0.25, 0.3) is 0 Å². The van der Waals surface area contributed by atoms with Gasteiger partial charge in [0, 0.05) is 5.56 Å². The minimum absolute atomic E-state index is 0.00231. The molecule has 3 nitrogen and oxygen atoms in total. The standard InChI is InChI=1S/C8H9FO3/c9-6-3-1-2-5(8(6)12)7(11)4-10/h1-3,7,10-12H,4H2. The SMILES string of the molecule is OCC(O)c1cccc(F)c1O. The number of halogens is 1. The topological polar surface area (TPSA) is 60.7 Å². The van der Waals surface area contributed by atoms with E-state index in [1.165, 1.54) is 12.1 Å². The molecule has 1 aromatic carbocycles. The van der Waals surface area contributed by atoms with Crippen molar-refractivity contribution in [3.05, 3.63) is 29.6 Å². The quantitative estimate of drug-likeness (QED) is 0.610.